The highest BCUT2D eigenvalue weighted by Gasteiger charge is 2.18. The van der Waals surface area contributed by atoms with Gasteiger partial charge < -0.3 is 5.11 Å². The van der Waals surface area contributed by atoms with Crippen LogP contribution in [-0.2, 0) is 17.1 Å². The number of sulfonamides is 1. The molecule has 1 heterocycles. The molecule has 0 bridgehead atoms. The van der Waals surface area contributed by atoms with Crippen molar-refractivity contribution < 1.29 is 13.5 Å². The maximum Gasteiger partial charge on any atom is 0.279 e. The molecule has 2 aromatic rings. The Labute approximate surface area is 105 Å². The Balaban J connectivity index is 2.34. The first-order valence-electron chi connectivity index (χ1n) is 5.20. The molecule has 0 atom stereocenters. The van der Waals surface area contributed by atoms with Crippen molar-refractivity contribution in [2.24, 2.45) is 7.05 Å². The summed E-state index contributed by atoms with van der Waals surface area (Å²) in [5.41, 5.74) is 0.984. The van der Waals surface area contributed by atoms with Crippen molar-refractivity contribution in [3.05, 3.63) is 36.0 Å². The van der Waals surface area contributed by atoms with Crippen LogP contribution < -0.4 is 4.72 Å². The third-order valence-corrected chi connectivity index (χ3v) is 3.97. The van der Waals surface area contributed by atoms with Crippen LogP contribution in [0.1, 0.15) is 5.56 Å². The fourth-order valence-corrected chi connectivity index (χ4v) is 2.68. The van der Waals surface area contributed by atoms with Gasteiger partial charge in [-0.15, -0.1) is 0 Å². The zero-order chi connectivity index (χ0) is 13.3. The van der Waals surface area contributed by atoms with E-state index in [1.54, 1.807) is 26.1 Å². The van der Waals surface area contributed by atoms with Crippen molar-refractivity contribution in [3.63, 3.8) is 0 Å². The van der Waals surface area contributed by atoms with Crippen LogP contribution in [0.2, 0.25) is 0 Å². The molecule has 0 aliphatic rings. The molecule has 0 saturated carbocycles. The molecule has 1 aromatic heterocycles. The van der Waals surface area contributed by atoms with Gasteiger partial charge in [0.25, 0.3) is 10.0 Å². The predicted molar refractivity (Wildman–Crippen MR) is 66.9 cm³/mol. The molecule has 6 nitrogen and oxygen atoms in total. The van der Waals surface area contributed by atoms with Gasteiger partial charge in [0.05, 0.1) is 11.9 Å². The van der Waals surface area contributed by atoms with Crippen LogP contribution in [0.25, 0.3) is 0 Å². The van der Waals surface area contributed by atoms with Crippen LogP contribution in [0.15, 0.2) is 35.5 Å². The SMILES string of the molecule is Cc1ccc(NS(=O)(=O)c2ccnn2C)cc1O. The quantitative estimate of drug-likeness (QED) is 0.876. The lowest BCUT2D eigenvalue weighted by molar-refractivity contribution is 0.471. The second kappa shape index (κ2) is 4.34. The molecule has 0 aliphatic carbocycles. The minimum atomic E-state index is -3.69. The van der Waals surface area contributed by atoms with Crippen molar-refractivity contribution in [1.29, 1.82) is 0 Å². The number of nitrogens with zero attached hydrogens (tertiary/aromatic N) is 2. The predicted octanol–water partition coefficient (Wildman–Crippen LogP) is 1.23. The van der Waals surface area contributed by atoms with Crippen LogP contribution in [0.4, 0.5) is 5.69 Å². The molecule has 1 aromatic carbocycles. The smallest absolute Gasteiger partial charge is 0.279 e. The van der Waals surface area contributed by atoms with Gasteiger partial charge in [0.1, 0.15) is 5.75 Å². The Morgan fingerprint density at radius 2 is 2.06 bits per heavy atom. The molecule has 0 fully saturated rings. The molecular formula is C11H13N3O3S. The summed E-state index contributed by atoms with van der Waals surface area (Å²) < 4.78 is 27.7. The highest BCUT2D eigenvalue weighted by molar-refractivity contribution is 7.92. The third kappa shape index (κ3) is 2.30. The first-order chi connectivity index (χ1) is 8.40. The normalized spacial score (nSPS) is 11.4. The summed E-state index contributed by atoms with van der Waals surface area (Å²) >= 11 is 0. The van der Waals surface area contributed by atoms with E-state index in [1.165, 1.54) is 23.0 Å². The number of benzene rings is 1. The Bertz CT molecular complexity index is 677. The number of aromatic hydroxyl groups is 1. The summed E-state index contributed by atoms with van der Waals surface area (Å²) in [7, 11) is -2.15. The van der Waals surface area contributed by atoms with Gasteiger partial charge in [-0.1, -0.05) is 6.07 Å². The number of hydrogen-bond donors (Lipinski definition) is 2. The number of anilines is 1. The number of phenolic OH excluding ortho intramolecular Hbond substituents is 1. The Hall–Kier alpha value is -2.02. The average Bonchev–Trinajstić information content (AvgIpc) is 2.70. The van der Waals surface area contributed by atoms with Gasteiger partial charge in [-0.2, -0.15) is 13.5 Å². The van der Waals surface area contributed by atoms with Crippen LogP contribution in [0.3, 0.4) is 0 Å². The van der Waals surface area contributed by atoms with Gasteiger partial charge in [-0.25, -0.2) is 0 Å². The number of hydrogen-bond acceptors (Lipinski definition) is 4. The fraction of sp³-hybridized carbons (Fsp3) is 0.182. The number of rotatable bonds is 3. The molecule has 2 N–H and O–H groups in total. The van der Waals surface area contributed by atoms with Crippen molar-refractivity contribution in [3.8, 4) is 5.75 Å². The molecule has 18 heavy (non-hydrogen) atoms. The highest BCUT2D eigenvalue weighted by Crippen LogP contribution is 2.23. The van der Waals surface area contributed by atoms with E-state index in [4.69, 9.17) is 0 Å². The Kier molecular flexibility index (Phi) is 3.00. The van der Waals surface area contributed by atoms with Crippen LogP contribution in [-0.4, -0.2) is 23.3 Å². The molecule has 96 valence electrons. The van der Waals surface area contributed by atoms with Crippen molar-refractivity contribution in [2.75, 3.05) is 4.72 Å². The second-order valence-corrected chi connectivity index (χ2v) is 5.53. The van der Waals surface area contributed by atoms with Gasteiger partial charge in [0.15, 0.2) is 5.03 Å². The lowest BCUT2D eigenvalue weighted by Gasteiger charge is -2.09. The zero-order valence-corrected chi connectivity index (χ0v) is 10.8. The van der Waals surface area contributed by atoms with E-state index >= 15 is 0 Å². The molecule has 0 amide bonds. The zero-order valence-electron chi connectivity index (χ0n) is 9.95. The number of phenols is 1. The minimum absolute atomic E-state index is 0.0419. The topological polar surface area (TPSA) is 84.2 Å². The van der Waals surface area contributed by atoms with E-state index in [2.05, 4.69) is 9.82 Å². The molecule has 0 aliphatic heterocycles. The van der Waals surface area contributed by atoms with E-state index in [1.807, 2.05) is 0 Å². The molecule has 7 heteroatoms. The van der Waals surface area contributed by atoms with Crippen LogP contribution >= 0.6 is 0 Å². The average molecular weight is 267 g/mol. The largest absolute Gasteiger partial charge is 0.508 e. The van der Waals surface area contributed by atoms with E-state index in [0.717, 1.165) is 0 Å². The Morgan fingerprint density at radius 1 is 1.33 bits per heavy atom. The van der Waals surface area contributed by atoms with Gasteiger partial charge >= 0.3 is 0 Å². The summed E-state index contributed by atoms with van der Waals surface area (Å²) in [5, 5.41) is 13.4. The lowest BCUT2D eigenvalue weighted by atomic mass is 10.2. The maximum atomic E-state index is 12.0. The van der Waals surface area contributed by atoms with Gasteiger partial charge in [-0.3, -0.25) is 9.40 Å². The number of aromatic nitrogens is 2. The summed E-state index contributed by atoms with van der Waals surface area (Å²) in [4.78, 5) is 0. The lowest BCUT2D eigenvalue weighted by Crippen LogP contribution is -2.16. The Morgan fingerprint density at radius 3 is 2.61 bits per heavy atom. The van der Waals surface area contributed by atoms with Crippen molar-refractivity contribution in [2.45, 2.75) is 11.9 Å². The second-order valence-electron chi connectivity index (χ2n) is 3.90. The van der Waals surface area contributed by atoms with Crippen LogP contribution in [0.5, 0.6) is 5.75 Å². The summed E-state index contributed by atoms with van der Waals surface area (Å²) in [5.74, 6) is 0.0419. The first kappa shape index (κ1) is 12.4. The maximum absolute atomic E-state index is 12.0. The number of aryl methyl sites for hydroxylation is 2. The third-order valence-electron chi connectivity index (χ3n) is 2.51. The minimum Gasteiger partial charge on any atom is -0.508 e. The summed E-state index contributed by atoms with van der Waals surface area (Å²) in [6.45, 7) is 1.73. The molecule has 0 radical (unpaired) electrons. The van der Waals surface area contributed by atoms with Crippen molar-refractivity contribution >= 4 is 15.7 Å². The van der Waals surface area contributed by atoms with Gasteiger partial charge in [-0.05, 0) is 24.6 Å². The fourth-order valence-electron chi connectivity index (χ4n) is 1.51. The standard InChI is InChI=1S/C11H13N3O3S/c1-8-3-4-9(7-10(8)15)13-18(16,17)11-5-6-12-14(11)2/h3-7,13,15H,1-2H3. The summed E-state index contributed by atoms with van der Waals surface area (Å²) in [6, 6.07) is 5.99. The monoisotopic (exact) mass is 267 g/mol. The van der Waals surface area contributed by atoms with Gasteiger partial charge in [0, 0.05) is 13.1 Å². The van der Waals surface area contributed by atoms with E-state index in [-0.39, 0.29) is 10.8 Å². The molecule has 0 unspecified atom stereocenters. The van der Waals surface area contributed by atoms with Crippen LogP contribution in [0, 0.1) is 6.92 Å². The van der Waals surface area contributed by atoms with E-state index in [0.29, 0.717) is 11.3 Å². The summed E-state index contributed by atoms with van der Waals surface area (Å²) in [6.07, 6.45) is 1.40. The van der Waals surface area contributed by atoms with Crippen molar-refractivity contribution in [1.82, 2.24) is 9.78 Å². The van der Waals surface area contributed by atoms with Gasteiger partial charge in [0.2, 0.25) is 0 Å². The molecule has 0 spiro atoms. The highest BCUT2D eigenvalue weighted by atomic mass is 32.2. The molecule has 0 saturated heterocycles. The van der Waals surface area contributed by atoms with E-state index in [9.17, 15) is 13.5 Å². The number of nitrogens with one attached hydrogen (secondary N) is 1. The molecular weight excluding hydrogens is 254 g/mol. The van der Waals surface area contributed by atoms with E-state index < -0.39 is 10.0 Å². The first-order valence-corrected chi connectivity index (χ1v) is 6.69. The molecule has 2 rings (SSSR count).